The number of aromatic nitrogens is 2. The summed E-state index contributed by atoms with van der Waals surface area (Å²) < 4.78 is 8.01. The summed E-state index contributed by atoms with van der Waals surface area (Å²) >= 11 is 0. The predicted molar refractivity (Wildman–Crippen MR) is 112 cm³/mol. The number of hydrogen-bond donors (Lipinski definition) is 1. The number of rotatable bonds is 5. The molecule has 27 heavy (non-hydrogen) atoms. The third-order valence-corrected chi connectivity index (χ3v) is 6.35. The normalized spacial score (nSPS) is 29.3. The van der Waals surface area contributed by atoms with Gasteiger partial charge in [-0.1, -0.05) is 20.8 Å². The Labute approximate surface area is 175 Å². The van der Waals surface area contributed by atoms with Crippen LogP contribution in [0.25, 0.3) is 0 Å². The molecule has 1 saturated heterocycles. The van der Waals surface area contributed by atoms with Crippen LogP contribution in [0.2, 0.25) is 0 Å². The largest absolute Gasteiger partial charge is 0.378 e. The first-order valence-corrected chi connectivity index (χ1v) is 9.56. The summed E-state index contributed by atoms with van der Waals surface area (Å²) in [5, 5.41) is 0. The second kappa shape index (κ2) is 9.12. The molecule has 8 heteroatoms. The Kier molecular flexibility index (Phi) is 8.18. The van der Waals surface area contributed by atoms with Crippen molar-refractivity contribution in [1.82, 2.24) is 14.5 Å². The topological polar surface area (TPSA) is 73.4 Å². The number of aryl methyl sites for hydroxylation is 1. The van der Waals surface area contributed by atoms with Crippen molar-refractivity contribution in [3.63, 3.8) is 0 Å². The number of piperidine rings is 1. The molecule has 0 spiro atoms. The molecular formula is C19H34Cl2N4O2. The molecule has 2 heterocycles. The summed E-state index contributed by atoms with van der Waals surface area (Å²) in [7, 11) is 0. The van der Waals surface area contributed by atoms with Gasteiger partial charge in [0, 0.05) is 50.3 Å². The number of nitrogens with zero attached hydrogens (tertiary/aromatic N) is 3. The van der Waals surface area contributed by atoms with Gasteiger partial charge in [0.15, 0.2) is 0 Å². The molecule has 3 rings (SSSR count). The summed E-state index contributed by atoms with van der Waals surface area (Å²) in [6.45, 7) is 10.4. The molecule has 3 unspecified atom stereocenters. The van der Waals surface area contributed by atoms with Crippen molar-refractivity contribution < 1.29 is 9.53 Å². The molecule has 6 nitrogen and oxygen atoms in total. The van der Waals surface area contributed by atoms with E-state index in [-0.39, 0.29) is 42.2 Å². The molecule has 0 aromatic carbocycles. The summed E-state index contributed by atoms with van der Waals surface area (Å²) in [4.78, 5) is 19.7. The average molecular weight is 421 g/mol. The highest BCUT2D eigenvalue weighted by atomic mass is 35.5. The molecule has 3 atom stereocenters. The first-order chi connectivity index (χ1) is 11.8. The van der Waals surface area contributed by atoms with Crippen LogP contribution in [0.15, 0.2) is 12.4 Å². The second-order valence-corrected chi connectivity index (χ2v) is 7.99. The fourth-order valence-electron chi connectivity index (χ4n) is 4.40. The fourth-order valence-corrected chi connectivity index (χ4v) is 4.40. The summed E-state index contributed by atoms with van der Waals surface area (Å²) in [5.74, 6) is 1.17. The smallest absolute Gasteiger partial charge is 0.243 e. The zero-order valence-corrected chi connectivity index (χ0v) is 18.4. The summed E-state index contributed by atoms with van der Waals surface area (Å²) in [6, 6.07) is 0.296. The Morgan fingerprint density at radius 3 is 2.67 bits per heavy atom. The van der Waals surface area contributed by atoms with E-state index in [0.717, 1.165) is 38.2 Å². The van der Waals surface area contributed by atoms with E-state index in [4.69, 9.17) is 10.5 Å². The van der Waals surface area contributed by atoms with Crippen LogP contribution in [0.5, 0.6) is 0 Å². The van der Waals surface area contributed by atoms with Gasteiger partial charge in [0.05, 0.1) is 12.1 Å². The number of ether oxygens (including phenoxy) is 1. The van der Waals surface area contributed by atoms with Crippen LogP contribution in [-0.2, 0) is 16.0 Å². The first kappa shape index (κ1) is 24.2. The minimum Gasteiger partial charge on any atom is -0.378 e. The van der Waals surface area contributed by atoms with E-state index in [2.05, 4.69) is 30.3 Å². The predicted octanol–water partition coefficient (Wildman–Crippen LogP) is 2.99. The fraction of sp³-hybridized carbons (Fsp3) is 0.789. The Morgan fingerprint density at radius 1 is 1.37 bits per heavy atom. The van der Waals surface area contributed by atoms with E-state index in [0.29, 0.717) is 19.1 Å². The van der Waals surface area contributed by atoms with E-state index in [1.54, 1.807) is 0 Å². The van der Waals surface area contributed by atoms with Gasteiger partial charge in [-0.05, 0) is 19.8 Å². The second-order valence-electron chi connectivity index (χ2n) is 7.99. The van der Waals surface area contributed by atoms with Crippen molar-refractivity contribution in [2.24, 2.45) is 11.1 Å². The quantitative estimate of drug-likeness (QED) is 0.794. The van der Waals surface area contributed by atoms with Gasteiger partial charge in [-0.3, -0.25) is 4.79 Å². The third-order valence-electron chi connectivity index (χ3n) is 6.35. The molecule has 0 radical (unpaired) electrons. The van der Waals surface area contributed by atoms with Crippen LogP contribution >= 0.6 is 24.8 Å². The lowest BCUT2D eigenvalue weighted by Gasteiger charge is -2.59. The van der Waals surface area contributed by atoms with Crippen LogP contribution < -0.4 is 5.73 Å². The number of likely N-dealkylation sites (tertiary alicyclic amines) is 1. The molecule has 1 aliphatic heterocycles. The van der Waals surface area contributed by atoms with Crippen LogP contribution in [0.3, 0.4) is 0 Å². The van der Waals surface area contributed by atoms with Crippen molar-refractivity contribution in [3.8, 4) is 0 Å². The number of halogens is 2. The van der Waals surface area contributed by atoms with Crippen LogP contribution in [0, 0.1) is 5.41 Å². The molecule has 2 fully saturated rings. The van der Waals surface area contributed by atoms with E-state index in [1.807, 2.05) is 24.2 Å². The standard InChI is InChI=1S/C19H32N4O2.2ClH/c1-5-16-21-9-11-23(16)14-8-7-10-22(13-14)17(24)19(20)12-15(25-6-2)18(19,3)4;;/h9,11,14-15H,5-8,10,12-13,20H2,1-4H3;2*1H. The Hall–Kier alpha value is -0.820. The van der Waals surface area contributed by atoms with E-state index >= 15 is 0 Å². The van der Waals surface area contributed by atoms with Gasteiger partial charge in [0.25, 0.3) is 0 Å². The number of imidazole rings is 1. The number of hydrogen-bond acceptors (Lipinski definition) is 4. The van der Waals surface area contributed by atoms with E-state index in [9.17, 15) is 4.79 Å². The van der Waals surface area contributed by atoms with Gasteiger partial charge in [0.2, 0.25) is 5.91 Å². The van der Waals surface area contributed by atoms with Crippen molar-refractivity contribution in [2.75, 3.05) is 19.7 Å². The molecule has 1 saturated carbocycles. The monoisotopic (exact) mass is 420 g/mol. The lowest BCUT2D eigenvalue weighted by Crippen LogP contribution is -2.76. The number of nitrogens with two attached hydrogens (primary N) is 1. The van der Waals surface area contributed by atoms with Gasteiger partial charge in [-0.2, -0.15) is 0 Å². The van der Waals surface area contributed by atoms with Crippen LogP contribution in [0.1, 0.15) is 58.8 Å². The molecule has 1 amide bonds. The lowest BCUT2D eigenvalue weighted by atomic mass is 9.54. The van der Waals surface area contributed by atoms with Gasteiger partial charge in [-0.15, -0.1) is 24.8 Å². The molecule has 2 aliphatic rings. The number of carbonyl (C=O) groups is 1. The van der Waals surface area contributed by atoms with Crippen molar-refractivity contribution in [3.05, 3.63) is 18.2 Å². The number of amides is 1. The molecule has 1 aromatic heterocycles. The minimum absolute atomic E-state index is 0. The molecule has 156 valence electrons. The minimum atomic E-state index is -0.822. The molecular weight excluding hydrogens is 387 g/mol. The van der Waals surface area contributed by atoms with E-state index in [1.165, 1.54) is 0 Å². The van der Waals surface area contributed by atoms with Gasteiger partial charge in [0.1, 0.15) is 11.4 Å². The summed E-state index contributed by atoms with van der Waals surface area (Å²) in [6.07, 6.45) is 7.55. The highest BCUT2D eigenvalue weighted by Gasteiger charge is 2.63. The summed E-state index contributed by atoms with van der Waals surface area (Å²) in [5.41, 5.74) is 5.45. The van der Waals surface area contributed by atoms with Crippen molar-refractivity contribution in [2.45, 2.75) is 71.1 Å². The number of carbonyl (C=O) groups excluding carboxylic acids is 1. The van der Waals surface area contributed by atoms with Gasteiger partial charge in [-0.25, -0.2) is 4.98 Å². The molecule has 2 N–H and O–H groups in total. The van der Waals surface area contributed by atoms with E-state index < -0.39 is 5.54 Å². The van der Waals surface area contributed by atoms with Gasteiger partial charge < -0.3 is 19.9 Å². The average Bonchev–Trinajstić information content (AvgIpc) is 3.09. The molecule has 1 aliphatic carbocycles. The van der Waals surface area contributed by atoms with Crippen molar-refractivity contribution >= 4 is 30.7 Å². The maximum absolute atomic E-state index is 13.3. The molecule has 1 aromatic rings. The van der Waals surface area contributed by atoms with Crippen LogP contribution in [-0.4, -0.2) is 51.7 Å². The third kappa shape index (κ3) is 4.00. The van der Waals surface area contributed by atoms with Gasteiger partial charge >= 0.3 is 0 Å². The zero-order chi connectivity index (χ0) is 18.2. The van der Waals surface area contributed by atoms with Crippen molar-refractivity contribution in [1.29, 1.82) is 0 Å². The zero-order valence-electron chi connectivity index (χ0n) is 16.8. The highest BCUT2D eigenvalue weighted by Crippen LogP contribution is 2.50. The Bertz CT molecular complexity index is 637. The maximum atomic E-state index is 13.3. The highest BCUT2D eigenvalue weighted by molar-refractivity contribution is 5.89. The SMILES string of the molecule is CCOC1CC(N)(C(=O)N2CCCC(n3ccnc3CC)C2)C1(C)C.Cl.Cl. The Balaban J connectivity index is 0.00000182. The van der Waals surface area contributed by atoms with Crippen LogP contribution in [0.4, 0.5) is 0 Å². The Morgan fingerprint density at radius 2 is 2.07 bits per heavy atom. The maximum Gasteiger partial charge on any atom is 0.243 e. The lowest BCUT2D eigenvalue weighted by molar-refractivity contribution is -0.180. The molecule has 0 bridgehead atoms. The first-order valence-electron chi connectivity index (χ1n) is 9.56.